The van der Waals surface area contributed by atoms with Crippen molar-refractivity contribution < 1.29 is 57.8 Å². The summed E-state index contributed by atoms with van der Waals surface area (Å²) in [4.78, 5) is 0. The fraction of sp³-hybridized carbons (Fsp3) is 0.400. The van der Waals surface area contributed by atoms with Crippen molar-refractivity contribution in [2.24, 2.45) is 0 Å². The van der Waals surface area contributed by atoms with Crippen molar-refractivity contribution in [2.75, 3.05) is 5.73 Å². The first kappa shape index (κ1) is 20.0. The number of phenolic OH excluding ortho intramolecular Hbond substituents is 1. The molecule has 0 fully saturated rings. The summed E-state index contributed by atoms with van der Waals surface area (Å²) >= 11 is 0. The van der Waals surface area contributed by atoms with E-state index in [0.29, 0.717) is 0 Å². The zero-order chi connectivity index (χ0) is 19.5. The van der Waals surface area contributed by atoms with Gasteiger partial charge in [0.2, 0.25) is 0 Å². The Kier molecular flexibility index (Phi) is 4.37. The normalized spacial score (nSPS) is 14.2. The largest absolute Gasteiger partial charge is 0.505 e. The van der Waals surface area contributed by atoms with Crippen LogP contribution in [0.1, 0.15) is 22.3 Å². The molecular formula is C10H3F12NO. The van der Waals surface area contributed by atoms with E-state index in [4.69, 9.17) is 5.11 Å². The number of phenols is 1. The molecule has 14 heteroatoms. The summed E-state index contributed by atoms with van der Waals surface area (Å²) in [7, 11) is 0. The van der Waals surface area contributed by atoms with Crippen LogP contribution in [0.25, 0.3) is 0 Å². The van der Waals surface area contributed by atoms with E-state index in [1.807, 2.05) is 0 Å². The quantitative estimate of drug-likeness (QED) is 0.375. The van der Waals surface area contributed by atoms with Gasteiger partial charge in [-0.15, -0.1) is 0 Å². The lowest BCUT2D eigenvalue weighted by molar-refractivity contribution is -0.182. The van der Waals surface area contributed by atoms with Crippen LogP contribution in [0.3, 0.4) is 0 Å². The predicted octanol–water partition coefficient (Wildman–Crippen LogP) is 5.05. The monoisotopic (exact) mass is 381 g/mol. The summed E-state index contributed by atoms with van der Waals surface area (Å²) in [5.41, 5.74) is -12.1. The minimum Gasteiger partial charge on any atom is -0.505 e. The first-order chi connectivity index (χ1) is 10.3. The average molecular weight is 381 g/mol. The first-order valence-corrected chi connectivity index (χ1v) is 5.28. The van der Waals surface area contributed by atoms with Crippen LogP contribution in [0.4, 0.5) is 58.4 Å². The van der Waals surface area contributed by atoms with E-state index < -0.39 is 58.4 Å². The maximum atomic E-state index is 12.7. The molecule has 138 valence electrons. The molecule has 0 saturated heterocycles. The fourth-order valence-electron chi connectivity index (χ4n) is 1.89. The molecule has 0 saturated carbocycles. The van der Waals surface area contributed by atoms with Crippen molar-refractivity contribution in [3.8, 4) is 5.75 Å². The summed E-state index contributed by atoms with van der Waals surface area (Å²) in [6.45, 7) is 0. The van der Waals surface area contributed by atoms with E-state index in [1.165, 1.54) is 0 Å². The maximum absolute atomic E-state index is 12.7. The highest BCUT2D eigenvalue weighted by molar-refractivity contribution is 5.70. The molecule has 0 aliphatic carbocycles. The predicted molar refractivity (Wildman–Crippen MR) is 52.5 cm³/mol. The van der Waals surface area contributed by atoms with Gasteiger partial charge in [-0.3, -0.25) is 0 Å². The Morgan fingerprint density at radius 1 is 0.500 bits per heavy atom. The zero-order valence-corrected chi connectivity index (χ0v) is 10.6. The third-order valence-electron chi connectivity index (χ3n) is 2.65. The zero-order valence-electron chi connectivity index (χ0n) is 10.6. The van der Waals surface area contributed by atoms with Gasteiger partial charge in [-0.05, 0) is 0 Å². The molecule has 0 unspecified atom stereocenters. The molecule has 2 nitrogen and oxygen atoms in total. The van der Waals surface area contributed by atoms with Crippen LogP contribution >= 0.6 is 0 Å². The molecule has 0 aliphatic heterocycles. The van der Waals surface area contributed by atoms with Gasteiger partial charge in [0.25, 0.3) is 0 Å². The van der Waals surface area contributed by atoms with E-state index in [-0.39, 0.29) is 0 Å². The van der Waals surface area contributed by atoms with Gasteiger partial charge in [-0.25, -0.2) is 0 Å². The van der Waals surface area contributed by atoms with E-state index >= 15 is 0 Å². The average Bonchev–Trinajstić information content (AvgIpc) is 2.25. The lowest BCUT2D eigenvalue weighted by Gasteiger charge is -2.26. The highest BCUT2D eigenvalue weighted by Crippen LogP contribution is 2.56. The third kappa shape index (κ3) is 3.40. The fourth-order valence-corrected chi connectivity index (χ4v) is 1.89. The van der Waals surface area contributed by atoms with Crippen molar-refractivity contribution in [3.63, 3.8) is 0 Å². The molecule has 0 amide bonds. The van der Waals surface area contributed by atoms with E-state index in [2.05, 4.69) is 5.73 Å². The van der Waals surface area contributed by atoms with Gasteiger partial charge in [0, 0.05) is 0 Å². The molecule has 0 bridgehead atoms. The SMILES string of the molecule is Nc1c(O)c(C(F)(F)F)c(C(F)(F)F)c(C(F)(F)F)c1C(F)(F)F. The van der Waals surface area contributed by atoms with Crippen molar-refractivity contribution in [3.05, 3.63) is 22.3 Å². The molecule has 0 aliphatic rings. The van der Waals surface area contributed by atoms with Crippen LogP contribution in [-0.4, -0.2) is 5.11 Å². The topological polar surface area (TPSA) is 46.2 Å². The van der Waals surface area contributed by atoms with Gasteiger partial charge in [0.15, 0.2) is 5.75 Å². The number of hydrogen-bond donors (Lipinski definition) is 2. The molecule has 0 aromatic heterocycles. The van der Waals surface area contributed by atoms with Crippen LogP contribution in [0, 0.1) is 0 Å². The van der Waals surface area contributed by atoms with Gasteiger partial charge >= 0.3 is 24.7 Å². The Labute approximate surface area is 123 Å². The van der Waals surface area contributed by atoms with Crippen LogP contribution in [0.5, 0.6) is 5.75 Å². The van der Waals surface area contributed by atoms with E-state index in [1.54, 1.807) is 0 Å². The number of anilines is 1. The number of halogens is 12. The Morgan fingerprint density at radius 3 is 1.00 bits per heavy atom. The summed E-state index contributed by atoms with van der Waals surface area (Å²) < 4.78 is 152. The van der Waals surface area contributed by atoms with Crippen molar-refractivity contribution in [1.29, 1.82) is 0 Å². The molecule has 1 aromatic carbocycles. The molecule has 1 rings (SSSR count). The summed E-state index contributed by atoms with van der Waals surface area (Å²) in [6.07, 6.45) is -25.5. The molecule has 0 heterocycles. The molecule has 24 heavy (non-hydrogen) atoms. The second-order valence-electron chi connectivity index (χ2n) is 4.25. The second-order valence-corrected chi connectivity index (χ2v) is 4.25. The van der Waals surface area contributed by atoms with Crippen LogP contribution in [-0.2, 0) is 24.7 Å². The van der Waals surface area contributed by atoms with Crippen LogP contribution in [0.15, 0.2) is 0 Å². The number of benzene rings is 1. The number of alkyl halides is 12. The molecule has 1 aromatic rings. The number of nitrogens with two attached hydrogens (primary N) is 1. The van der Waals surface area contributed by atoms with Gasteiger partial charge in [0.05, 0.1) is 22.4 Å². The number of hydrogen-bond acceptors (Lipinski definition) is 2. The number of rotatable bonds is 0. The van der Waals surface area contributed by atoms with Crippen molar-refractivity contribution in [1.82, 2.24) is 0 Å². The maximum Gasteiger partial charge on any atom is 0.420 e. The van der Waals surface area contributed by atoms with Crippen molar-refractivity contribution in [2.45, 2.75) is 24.7 Å². The molecule has 0 spiro atoms. The van der Waals surface area contributed by atoms with E-state index in [9.17, 15) is 52.7 Å². The van der Waals surface area contributed by atoms with Crippen LogP contribution in [0.2, 0.25) is 0 Å². The smallest absolute Gasteiger partial charge is 0.420 e. The Hall–Kier alpha value is -2.02. The Bertz CT molecular complexity index is 591. The van der Waals surface area contributed by atoms with Gasteiger partial charge in [-0.2, -0.15) is 52.7 Å². The second kappa shape index (κ2) is 5.24. The molecule has 0 radical (unpaired) electrons. The summed E-state index contributed by atoms with van der Waals surface area (Å²) in [6, 6.07) is 0. The molecular weight excluding hydrogens is 378 g/mol. The standard InChI is InChI=1S/C10H3F12NO/c11-7(12,13)1-2(8(14,15)16)4(10(20,21)22)6(24)5(23)3(1)9(17,18)19/h24H,23H2. The minimum atomic E-state index is -6.53. The Morgan fingerprint density at radius 2 is 0.750 bits per heavy atom. The highest BCUT2D eigenvalue weighted by Gasteiger charge is 2.57. The summed E-state index contributed by atoms with van der Waals surface area (Å²) in [5, 5.41) is 9.00. The van der Waals surface area contributed by atoms with Gasteiger partial charge in [0.1, 0.15) is 5.56 Å². The Balaban J connectivity index is 4.34. The number of aromatic hydroxyl groups is 1. The van der Waals surface area contributed by atoms with Gasteiger partial charge < -0.3 is 10.8 Å². The van der Waals surface area contributed by atoms with E-state index in [0.717, 1.165) is 0 Å². The lowest BCUT2D eigenvalue weighted by Crippen LogP contribution is -2.28. The minimum absolute atomic E-state index is 2.52. The number of nitrogen functional groups attached to an aromatic ring is 1. The molecule has 0 atom stereocenters. The summed E-state index contributed by atoms with van der Waals surface area (Å²) in [5.74, 6) is -2.80. The lowest BCUT2D eigenvalue weighted by atomic mass is 9.91. The molecule has 3 N–H and O–H groups in total. The van der Waals surface area contributed by atoms with Crippen LogP contribution < -0.4 is 5.73 Å². The highest BCUT2D eigenvalue weighted by atomic mass is 19.4. The third-order valence-corrected chi connectivity index (χ3v) is 2.65. The van der Waals surface area contributed by atoms with Crippen molar-refractivity contribution >= 4 is 5.69 Å². The first-order valence-electron chi connectivity index (χ1n) is 5.28. The van der Waals surface area contributed by atoms with Gasteiger partial charge in [-0.1, -0.05) is 0 Å².